The number of nitrogens with two attached hydrogens (primary N) is 1. The van der Waals surface area contributed by atoms with Crippen molar-refractivity contribution in [3.63, 3.8) is 0 Å². The summed E-state index contributed by atoms with van der Waals surface area (Å²) in [6, 6.07) is 8.63. The van der Waals surface area contributed by atoms with Crippen LogP contribution in [-0.2, 0) is 4.84 Å². The van der Waals surface area contributed by atoms with Gasteiger partial charge in [0.15, 0.2) is 5.84 Å². The maximum Gasteiger partial charge on any atom is 0.369 e. The van der Waals surface area contributed by atoms with E-state index in [1.54, 1.807) is 12.1 Å². The van der Waals surface area contributed by atoms with Crippen molar-refractivity contribution in [1.29, 1.82) is 0 Å². The number of furan rings is 1. The van der Waals surface area contributed by atoms with Crippen LogP contribution in [0.15, 0.2) is 56.9 Å². The second-order valence-corrected chi connectivity index (χ2v) is 4.29. The molecule has 1 heterocycles. The molecule has 0 spiro atoms. The molecule has 0 aliphatic carbocycles. The van der Waals surface area contributed by atoms with Gasteiger partial charge in [-0.15, -0.1) is 0 Å². The Hall–Kier alpha value is -2.08. The van der Waals surface area contributed by atoms with E-state index >= 15 is 0 Å². The third-order valence-corrected chi connectivity index (χ3v) is 2.65. The van der Waals surface area contributed by atoms with Crippen molar-refractivity contribution in [3.8, 4) is 0 Å². The van der Waals surface area contributed by atoms with E-state index in [9.17, 15) is 4.79 Å². The third kappa shape index (κ3) is 2.98. The van der Waals surface area contributed by atoms with Crippen LogP contribution in [0.2, 0.25) is 0 Å². The number of halogens is 1. The fraction of sp³-hybridized carbons (Fsp3) is 0. The number of carbonyl (C=O) groups is 1. The summed E-state index contributed by atoms with van der Waals surface area (Å²) in [5, 5.41) is 3.57. The van der Waals surface area contributed by atoms with Crippen LogP contribution < -0.4 is 5.73 Å². The van der Waals surface area contributed by atoms with Crippen molar-refractivity contribution in [3.05, 3.63) is 58.5 Å². The van der Waals surface area contributed by atoms with Crippen molar-refractivity contribution in [1.82, 2.24) is 0 Å². The van der Waals surface area contributed by atoms with Crippen molar-refractivity contribution < 1.29 is 14.0 Å². The Labute approximate surface area is 111 Å². The van der Waals surface area contributed by atoms with E-state index in [0.29, 0.717) is 5.56 Å². The molecule has 1 aromatic heterocycles. The highest BCUT2D eigenvalue weighted by molar-refractivity contribution is 9.10. The molecule has 2 aromatic rings. The van der Waals surface area contributed by atoms with Crippen molar-refractivity contribution in [2.75, 3.05) is 0 Å². The normalized spacial score (nSPS) is 11.3. The minimum atomic E-state index is -0.621. The highest BCUT2D eigenvalue weighted by Crippen LogP contribution is 2.10. The average Bonchev–Trinajstić information content (AvgIpc) is 2.90. The Morgan fingerprint density at radius 3 is 2.56 bits per heavy atom. The number of rotatable bonds is 3. The highest BCUT2D eigenvalue weighted by Gasteiger charge is 2.08. The third-order valence-electron chi connectivity index (χ3n) is 2.12. The molecule has 0 aliphatic rings. The van der Waals surface area contributed by atoms with Crippen LogP contribution in [0.25, 0.3) is 0 Å². The zero-order valence-corrected chi connectivity index (χ0v) is 10.8. The molecule has 92 valence electrons. The quantitative estimate of drug-likeness (QED) is 0.409. The second-order valence-electron chi connectivity index (χ2n) is 3.37. The number of nitrogens with zero attached hydrogens (tertiary/aromatic N) is 1. The summed E-state index contributed by atoms with van der Waals surface area (Å²) < 4.78 is 5.68. The lowest BCUT2D eigenvalue weighted by Gasteiger charge is -2.00. The summed E-state index contributed by atoms with van der Waals surface area (Å²) in [4.78, 5) is 16.1. The van der Waals surface area contributed by atoms with Gasteiger partial charge < -0.3 is 15.0 Å². The number of hydrogen-bond acceptors (Lipinski definition) is 4. The number of carbonyl (C=O) groups excluding carboxylic acids is 1. The van der Waals surface area contributed by atoms with E-state index in [4.69, 9.17) is 10.2 Å². The van der Waals surface area contributed by atoms with Gasteiger partial charge in [-0.1, -0.05) is 33.2 Å². The Morgan fingerprint density at radius 1 is 1.22 bits per heavy atom. The molecule has 0 amide bonds. The molecule has 0 saturated heterocycles. The Bertz CT molecular complexity index is 562. The Balaban J connectivity index is 2.05. The molecule has 0 saturated carbocycles. The summed E-state index contributed by atoms with van der Waals surface area (Å²) in [5.74, 6) is -0.497. The fourth-order valence-corrected chi connectivity index (χ4v) is 1.46. The first-order valence-corrected chi connectivity index (χ1v) is 5.79. The maximum atomic E-state index is 11.4. The van der Waals surface area contributed by atoms with E-state index < -0.39 is 5.97 Å². The van der Waals surface area contributed by atoms with Crippen LogP contribution in [0.5, 0.6) is 0 Å². The molecule has 1 aromatic carbocycles. The lowest BCUT2D eigenvalue weighted by atomic mass is 10.2. The van der Waals surface area contributed by atoms with E-state index in [1.165, 1.54) is 18.6 Å². The van der Waals surface area contributed by atoms with E-state index in [1.807, 2.05) is 12.1 Å². The topological polar surface area (TPSA) is 77.8 Å². The van der Waals surface area contributed by atoms with E-state index in [2.05, 4.69) is 25.9 Å². The molecule has 2 rings (SSSR count). The molecule has 0 radical (unpaired) electrons. The lowest BCUT2D eigenvalue weighted by molar-refractivity contribution is 0.0515. The molecule has 0 fully saturated rings. The zero-order chi connectivity index (χ0) is 13.0. The first kappa shape index (κ1) is 12.4. The van der Waals surface area contributed by atoms with Gasteiger partial charge in [0.25, 0.3) is 0 Å². The predicted octanol–water partition coefficient (Wildman–Crippen LogP) is 2.52. The summed E-state index contributed by atoms with van der Waals surface area (Å²) in [7, 11) is 0. The van der Waals surface area contributed by atoms with Crippen molar-refractivity contribution >= 4 is 27.7 Å². The number of hydrogen-bond donors (Lipinski definition) is 1. The molecule has 0 bridgehead atoms. The van der Waals surface area contributed by atoms with Crippen LogP contribution >= 0.6 is 15.9 Å². The van der Waals surface area contributed by atoms with Gasteiger partial charge in [-0.25, -0.2) is 4.79 Å². The maximum absolute atomic E-state index is 11.4. The summed E-state index contributed by atoms with van der Waals surface area (Å²) in [6.45, 7) is 0. The summed E-state index contributed by atoms with van der Waals surface area (Å²) in [5.41, 5.74) is 6.63. The predicted molar refractivity (Wildman–Crippen MR) is 69.0 cm³/mol. The zero-order valence-electron chi connectivity index (χ0n) is 9.17. The van der Waals surface area contributed by atoms with Crippen LogP contribution in [0.4, 0.5) is 0 Å². The second kappa shape index (κ2) is 5.50. The summed E-state index contributed by atoms with van der Waals surface area (Å²) in [6.07, 6.45) is 2.64. The van der Waals surface area contributed by atoms with E-state index in [0.717, 1.165) is 4.47 Å². The van der Waals surface area contributed by atoms with Gasteiger partial charge in [0.1, 0.15) is 11.8 Å². The molecule has 6 heteroatoms. The van der Waals surface area contributed by atoms with E-state index in [-0.39, 0.29) is 11.4 Å². The largest absolute Gasteiger partial charge is 0.472 e. The number of benzene rings is 1. The van der Waals surface area contributed by atoms with Crippen molar-refractivity contribution in [2.24, 2.45) is 10.9 Å². The van der Waals surface area contributed by atoms with Gasteiger partial charge >= 0.3 is 5.97 Å². The molecule has 2 N–H and O–H groups in total. The van der Waals surface area contributed by atoms with Gasteiger partial charge in [0, 0.05) is 10.0 Å². The Kier molecular flexibility index (Phi) is 3.78. The van der Waals surface area contributed by atoms with Gasteiger partial charge in [0.2, 0.25) is 0 Å². The SMILES string of the molecule is N/C(=N\OC(=O)c1ccoc1)c1ccc(Br)cc1. The highest BCUT2D eigenvalue weighted by atomic mass is 79.9. The molecule has 5 nitrogen and oxygen atoms in total. The lowest BCUT2D eigenvalue weighted by Crippen LogP contribution is -2.15. The molecule has 18 heavy (non-hydrogen) atoms. The minimum Gasteiger partial charge on any atom is -0.472 e. The average molecular weight is 309 g/mol. The van der Waals surface area contributed by atoms with Crippen LogP contribution in [0.1, 0.15) is 15.9 Å². The van der Waals surface area contributed by atoms with Gasteiger partial charge in [-0.3, -0.25) is 0 Å². The minimum absolute atomic E-state index is 0.124. The monoisotopic (exact) mass is 308 g/mol. The van der Waals surface area contributed by atoms with Gasteiger partial charge in [-0.2, -0.15) is 0 Å². The molecule has 0 unspecified atom stereocenters. The molecular formula is C12H9BrN2O3. The summed E-state index contributed by atoms with van der Waals surface area (Å²) >= 11 is 3.31. The smallest absolute Gasteiger partial charge is 0.369 e. The standard InChI is InChI=1S/C12H9BrN2O3/c13-10-3-1-8(2-4-10)11(14)15-18-12(16)9-5-6-17-7-9/h1-7H,(H2,14,15). The van der Waals surface area contributed by atoms with Crippen molar-refractivity contribution in [2.45, 2.75) is 0 Å². The number of amidine groups is 1. The Morgan fingerprint density at radius 2 is 1.94 bits per heavy atom. The molecule has 0 atom stereocenters. The fourth-order valence-electron chi connectivity index (χ4n) is 1.20. The first-order chi connectivity index (χ1) is 8.66. The number of oxime groups is 1. The van der Waals surface area contributed by atoms with Crippen LogP contribution in [-0.4, -0.2) is 11.8 Å². The first-order valence-electron chi connectivity index (χ1n) is 5.00. The van der Waals surface area contributed by atoms with Gasteiger partial charge in [-0.05, 0) is 18.2 Å². The van der Waals surface area contributed by atoms with Crippen LogP contribution in [0, 0.1) is 0 Å². The molecule has 0 aliphatic heterocycles. The van der Waals surface area contributed by atoms with Crippen LogP contribution in [0.3, 0.4) is 0 Å². The molecular weight excluding hydrogens is 300 g/mol. The van der Waals surface area contributed by atoms with Gasteiger partial charge in [0.05, 0.1) is 6.26 Å².